The topological polar surface area (TPSA) is 21.3 Å². The van der Waals surface area contributed by atoms with Crippen molar-refractivity contribution in [2.24, 2.45) is 0 Å². The maximum Gasteiger partial charge on any atom is 0.137 e. The largest absolute Gasteiger partial charge is 0.456 e. The molecule has 12 aromatic carbocycles. The molecule has 1 spiro atoms. The molecule has 0 N–H and O–H groups in total. The predicted octanol–water partition coefficient (Wildman–Crippen LogP) is 19.5. The van der Waals surface area contributed by atoms with Crippen molar-refractivity contribution in [3.63, 3.8) is 0 Å². The monoisotopic (exact) mass is 966 g/mol. The van der Waals surface area contributed by atoms with Gasteiger partial charge in [-0.3, -0.25) is 0 Å². The first kappa shape index (κ1) is 42.5. The minimum absolute atomic E-state index is 0.516. The normalized spacial score (nSPS) is 12.8. The molecule has 14 aromatic rings. The van der Waals surface area contributed by atoms with Crippen molar-refractivity contribution in [2.45, 2.75) is 5.41 Å². The first-order valence-corrected chi connectivity index (χ1v) is 26.2. The number of fused-ring (bicyclic) bond motifs is 16. The van der Waals surface area contributed by atoms with Crippen molar-refractivity contribution in [3.05, 3.63) is 301 Å². The molecular weight excluding hydrogens is 921 g/mol. The summed E-state index contributed by atoms with van der Waals surface area (Å²) in [6, 6.07) is 103. The Bertz CT molecular complexity index is 4580. The molecule has 0 unspecified atom stereocenters. The Morgan fingerprint density at radius 2 is 0.855 bits per heavy atom. The van der Waals surface area contributed by atoms with Gasteiger partial charge < -0.3 is 13.9 Å². The maximum absolute atomic E-state index is 7.03. The molecule has 0 aliphatic heterocycles. The fraction of sp³-hybridized carbons (Fsp3) is 0.0137. The Morgan fingerprint density at radius 1 is 0.329 bits per heavy atom. The first-order valence-electron chi connectivity index (χ1n) is 26.2. The average molecular weight is 967 g/mol. The maximum atomic E-state index is 7.03. The molecule has 3 heteroatoms. The highest BCUT2D eigenvalue weighted by atomic mass is 16.3. The van der Waals surface area contributed by atoms with Gasteiger partial charge in [-0.25, -0.2) is 0 Å². The smallest absolute Gasteiger partial charge is 0.137 e. The van der Waals surface area contributed by atoms with Crippen LogP contribution in [0.3, 0.4) is 0 Å². The Labute approximate surface area is 440 Å². The zero-order valence-corrected chi connectivity index (χ0v) is 41.4. The Balaban J connectivity index is 0.983. The fourth-order valence-corrected chi connectivity index (χ4v) is 13.3. The summed E-state index contributed by atoms with van der Waals surface area (Å²) in [5.74, 6) is 0. The summed E-state index contributed by atoms with van der Waals surface area (Å²) in [6.07, 6.45) is 0. The van der Waals surface area contributed by atoms with Crippen LogP contribution in [0.25, 0.3) is 105 Å². The van der Waals surface area contributed by atoms with Gasteiger partial charge in [0.1, 0.15) is 11.2 Å². The highest BCUT2D eigenvalue weighted by Crippen LogP contribution is 2.65. The van der Waals surface area contributed by atoms with Gasteiger partial charge in [0.25, 0.3) is 0 Å². The van der Waals surface area contributed by atoms with Gasteiger partial charge >= 0.3 is 0 Å². The Hall–Kier alpha value is -9.96. The summed E-state index contributed by atoms with van der Waals surface area (Å²) >= 11 is 0. The number of benzene rings is 12. The van der Waals surface area contributed by atoms with Crippen molar-refractivity contribution in [1.29, 1.82) is 0 Å². The summed E-state index contributed by atoms with van der Waals surface area (Å²) in [6.45, 7) is 0. The van der Waals surface area contributed by atoms with Crippen LogP contribution in [0.1, 0.15) is 22.3 Å². The molecule has 0 saturated heterocycles. The van der Waals surface area contributed by atoms with Crippen LogP contribution in [0.2, 0.25) is 0 Å². The number of para-hydroxylation sites is 2. The molecule has 0 fully saturated rings. The molecule has 2 aliphatic rings. The van der Waals surface area contributed by atoms with Crippen LogP contribution in [-0.2, 0) is 5.41 Å². The van der Waals surface area contributed by atoms with Crippen LogP contribution in [0, 0.1) is 0 Å². The second kappa shape index (κ2) is 16.5. The van der Waals surface area contributed by atoms with Crippen LogP contribution in [0.4, 0.5) is 17.1 Å². The number of nitrogens with zero attached hydrogens (tertiary/aromatic N) is 2. The number of rotatable bonds is 7. The van der Waals surface area contributed by atoms with E-state index in [0.29, 0.717) is 0 Å². The van der Waals surface area contributed by atoms with E-state index in [1.54, 1.807) is 0 Å². The van der Waals surface area contributed by atoms with Crippen molar-refractivity contribution in [2.75, 3.05) is 4.90 Å². The summed E-state index contributed by atoms with van der Waals surface area (Å²) in [5.41, 5.74) is 25.0. The molecule has 354 valence electrons. The molecule has 0 bridgehead atoms. The molecule has 0 amide bonds. The second-order valence-electron chi connectivity index (χ2n) is 20.3. The zero-order chi connectivity index (χ0) is 49.9. The van der Waals surface area contributed by atoms with Gasteiger partial charge in [0.2, 0.25) is 0 Å². The van der Waals surface area contributed by atoms with E-state index in [2.05, 4.69) is 289 Å². The molecule has 2 heterocycles. The third-order valence-corrected chi connectivity index (χ3v) is 16.4. The van der Waals surface area contributed by atoms with Crippen molar-refractivity contribution >= 4 is 60.8 Å². The van der Waals surface area contributed by atoms with E-state index in [1.807, 2.05) is 0 Å². The third-order valence-electron chi connectivity index (χ3n) is 16.4. The third kappa shape index (κ3) is 6.05. The van der Waals surface area contributed by atoms with Crippen LogP contribution < -0.4 is 4.90 Å². The average Bonchev–Trinajstić information content (AvgIpc) is 4.39. The first-order chi connectivity index (χ1) is 37.7. The van der Waals surface area contributed by atoms with Gasteiger partial charge in [-0.1, -0.05) is 206 Å². The molecule has 16 rings (SSSR count). The molecule has 0 atom stereocenters. The van der Waals surface area contributed by atoms with Crippen LogP contribution in [-0.4, -0.2) is 4.57 Å². The van der Waals surface area contributed by atoms with Gasteiger partial charge in [-0.05, 0) is 140 Å². The van der Waals surface area contributed by atoms with E-state index in [1.165, 1.54) is 71.9 Å². The molecule has 2 aliphatic carbocycles. The quantitative estimate of drug-likeness (QED) is 0.159. The molecule has 76 heavy (non-hydrogen) atoms. The van der Waals surface area contributed by atoms with Gasteiger partial charge in [-0.2, -0.15) is 0 Å². The number of hydrogen-bond acceptors (Lipinski definition) is 2. The van der Waals surface area contributed by atoms with E-state index >= 15 is 0 Å². The number of aromatic nitrogens is 1. The second-order valence-corrected chi connectivity index (χ2v) is 20.3. The number of hydrogen-bond donors (Lipinski definition) is 0. The Morgan fingerprint density at radius 3 is 1.58 bits per heavy atom. The fourth-order valence-electron chi connectivity index (χ4n) is 13.3. The lowest BCUT2D eigenvalue weighted by molar-refractivity contribution is 0.669. The summed E-state index contributed by atoms with van der Waals surface area (Å²) in [7, 11) is 0. The predicted molar refractivity (Wildman–Crippen MR) is 315 cm³/mol. The van der Waals surface area contributed by atoms with Gasteiger partial charge in [-0.15, -0.1) is 0 Å². The lowest BCUT2D eigenvalue weighted by Crippen LogP contribution is -2.26. The van der Waals surface area contributed by atoms with Crippen LogP contribution >= 0.6 is 0 Å². The molecule has 0 radical (unpaired) electrons. The van der Waals surface area contributed by atoms with Crippen molar-refractivity contribution in [1.82, 2.24) is 4.57 Å². The van der Waals surface area contributed by atoms with E-state index in [4.69, 9.17) is 4.42 Å². The molecular formula is C73H46N2O. The number of furan rings is 1. The molecule has 0 saturated carbocycles. The lowest BCUT2D eigenvalue weighted by atomic mass is 9.70. The van der Waals surface area contributed by atoms with Crippen molar-refractivity contribution < 1.29 is 4.42 Å². The van der Waals surface area contributed by atoms with Gasteiger partial charge in [0.05, 0.1) is 33.2 Å². The molecule has 2 aromatic heterocycles. The highest BCUT2D eigenvalue weighted by molar-refractivity contribution is 6.19. The van der Waals surface area contributed by atoms with Crippen molar-refractivity contribution in [3.8, 4) is 61.3 Å². The Kier molecular flexibility index (Phi) is 9.25. The molecule has 3 nitrogen and oxygen atoms in total. The van der Waals surface area contributed by atoms with E-state index < -0.39 is 5.41 Å². The lowest BCUT2D eigenvalue weighted by Gasteiger charge is -2.32. The minimum Gasteiger partial charge on any atom is -0.456 e. The van der Waals surface area contributed by atoms with Crippen LogP contribution in [0.5, 0.6) is 0 Å². The van der Waals surface area contributed by atoms with Gasteiger partial charge in [0, 0.05) is 38.7 Å². The standard InChI is InChI=1S/C73H46N2O/c1-4-19-47(20-5-1)48-35-39-53(40-36-48)75(67-34-18-32-64-70(67)58-28-12-16-31-63(58)73(64)61-29-14-10-25-55(61)56-26-11-15-30-62(56)73)72-54(49-21-6-2-7-22-49)41-44-69-71(72)60-46-51(38-43-68(60)76-69)50-37-42-66-59(45-50)57-27-13-17-33-65(57)74(66)52-23-8-3-9-24-52/h1-46H. The van der Waals surface area contributed by atoms with E-state index in [0.717, 1.165) is 72.5 Å². The minimum atomic E-state index is -0.516. The van der Waals surface area contributed by atoms with E-state index in [9.17, 15) is 0 Å². The van der Waals surface area contributed by atoms with Crippen LogP contribution in [0.15, 0.2) is 283 Å². The summed E-state index contributed by atoms with van der Waals surface area (Å²) in [5, 5.41) is 4.56. The number of anilines is 3. The van der Waals surface area contributed by atoms with Gasteiger partial charge in [0.15, 0.2) is 0 Å². The zero-order valence-electron chi connectivity index (χ0n) is 41.4. The SMILES string of the molecule is c1ccc(-c2ccc(N(c3cccc4c3-c3ccccc3C43c4ccccc4-c4ccccc43)c3c(-c4ccccc4)ccc4oc5ccc(-c6ccc7c(c6)c6ccccc6n7-c6ccccc6)cc5c34)cc2)cc1. The summed E-state index contributed by atoms with van der Waals surface area (Å²) < 4.78 is 9.41. The van der Waals surface area contributed by atoms with E-state index in [-0.39, 0.29) is 0 Å². The summed E-state index contributed by atoms with van der Waals surface area (Å²) in [4.78, 5) is 2.55. The highest BCUT2D eigenvalue weighted by Gasteiger charge is 2.52.